The van der Waals surface area contributed by atoms with E-state index in [-0.39, 0.29) is 0 Å². The Balaban J connectivity index is 2.31. The van der Waals surface area contributed by atoms with Crippen molar-refractivity contribution in [2.45, 2.75) is 85.1 Å². The molecule has 0 radical (unpaired) electrons. The van der Waals surface area contributed by atoms with Crippen molar-refractivity contribution in [2.24, 2.45) is 11.3 Å². The summed E-state index contributed by atoms with van der Waals surface area (Å²) in [4.78, 5) is 0. The number of rotatable bonds is 6. The van der Waals surface area contributed by atoms with E-state index in [2.05, 4.69) is 33.0 Å². The van der Waals surface area contributed by atoms with Gasteiger partial charge < -0.3 is 5.32 Å². The summed E-state index contributed by atoms with van der Waals surface area (Å²) in [7, 11) is 0. The van der Waals surface area contributed by atoms with Gasteiger partial charge in [0, 0.05) is 6.04 Å². The summed E-state index contributed by atoms with van der Waals surface area (Å²) in [6.07, 6.45) is 11.5. The van der Waals surface area contributed by atoms with Crippen LogP contribution in [0.25, 0.3) is 0 Å². The van der Waals surface area contributed by atoms with Gasteiger partial charge in [0.15, 0.2) is 0 Å². The van der Waals surface area contributed by atoms with Gasteiger partial charge in [-0.15, -0.1) is 0 Å². The van der Waals surface area contributed by atoms with E-state index in [0.717, 1.165) is 18.5 Å². The van der Waals surface area contributed by atoms with Crippen molar-refractivity contribution in [1.29, 1.82) is 0 Å². The second-order valence-electron chi connectivity index (χ2n) is 7.02. The largest absolute Gasteiger partial charge is 0.314 e. The summed E-state index contributed by atoms with van der Waals surface area (Å²) in [5, 5.41) is 3.74. The minimum atomic E-state index is 0.503. The fourth-order valence-electron chi connectivity index (χ4n) is 3.16. The smallest absolute Gasteiger partial charge is 0.00952 e. The molecule has 1 fully saturated rings. The molecule has 1 saturated carbocycles. The molecule has 1 N–H and O–H groups in total. The number of hydrogen-bond acceptors (Lipinski definition) is 1. The lowest BCUT2D eigenvalue weighted by atomic mass is 9.80. The molecule has 0 amide bonds. The lowest BCUT2D eigenvalue weighted by Crippen LogP contribution is -2.37. The van der Waals surface area contributed by atoms with E-state index in [1.165, 1.54) is 51.4 Å². The average molecular weight is 239 g/mol. The van der Waals surface area contributed by atoms with Gasteiger partial charge in [0.1, 0.15) is 0 Å². The molecule has 17 heavy (non-hydrogen) atoms. The van der Waals surface area contributed by atoms with Crippen molar-refractivity contribution in [3.63, 3.8) is 0 Å². The molecule has 1 unspecified atom stereocenters. The minimum Gasteiger partial charge on any atom is -0.314 e. The number of nitrogens with one attached hydrogen (secondary N) is 1. The molecule has 1 rings (SSSR count). The molecule has 0 bridgehead atoms. The van der Waals surface area contributed by atoms with Gasteiger partial charge in [0.2, 0.25) is 0 Å². The average Bonchev–Trinajstić information content (AvgIpc) is 2.27. The van der Waals surface area contributed by atoms with Crippen molar-refractivity contribution in [2.75, 3.05) is 6.54 Å². The van der Waals surface area contributed by atoms with E-state index >= 15 is 0 Å². The van der Waals surface area contributed by atoms with Crippen molar-refractivity contribution in [3.8, 4) is 0 Å². The Morgan fingerprint density at radius 1 is 1.12 bits per heavy atom. The third-order valence-corrected chi connectivity index (χ3v) is 4.13. The molecule has 0 aromatic carbocycles. The zero-order valence-electron chi connectivity index (χ0n) is 12.5. The van der Waals surface area contributed by atoms with Crippen molar-refractivity contribution in [1.82, 2.24) is 5.32 Å². The van der Waals surface area contributed by atoms with Crippen molar-refractivity contribution < 1.29 is 0 Å². The van der Waals surface area contributed by atoms with E-state index < -0.39 is 0 Å². The van der Waals surface area contributed by atoms with Crippen LogP contribution >= 0.6 is 0 Å². The molecule has 1 atom stereocenters. The summed E-state index contributed by atoms with van der Waals surface area (Å²) < 4.78 is 0. The third-order valence-electron chi connectivity index (χ3n) is 4.13. The van der Waals surface area contributed by atoms with Crippen LogP contribution in [-0.2, 0) is 0 Å². The minimum absolute atomic E-state index is 0.503. The zero-order valence-corrected chi connectivity index (χ0v) is 12.5. The molecule has 0 heterocycles. The van der Waals surface area contributed by atoms with Gasteiger partial charge in [0.25, 0.3) is 0 Å². The Kier molecular flexibility index (Phi) is 6.54. The Hall–Kier alpha value is -0.0400. The first-order chi connectivity index (χ1) is 8.03. The first-order valence-corrected chi connectivity index (χ1v) is 7.76. The topological polar surface area (TPSA) is 12.0 Å². The van der Waals surface area contributed by atoms with Crippen LogP contribution in [0.5, 0.6) is 0 Å². The fourth-order valence-corrected chi connectivity index (χ4v) is 3.16. The van der Waals surface area contributed by atoms with Crippen LogP contribution < -0.4 is 5.32 Å². The second-order valence-corrected chi connectivity index (χ2v) is 7.02. The van der Waals surface area contributed by atoms with Gasteiger partial charge >= 0.3 is 0 Å². The lowest BCUT2D eigenvalue weighted by molar-refractivity contribution is 0.246. The Labute approximate surface area is 109 Å². The summed E-state index contributed by atoms with van der Waals surface area (Å²) in [6.45, 7) is 10.5. The van der Waals surface area contributed by atoms with E-state index in [0.29, 0.717) is 5.41 Å². The van der Waals surface area contributed by atoms with Crippen LogP contribution in [0.4, 0.5) is 0 Å². The maximum atomic E-state index is 3.74. The highest BCUT2D eigenvalue weighted by Crippen LogP contribution is 2.30. The normalized spacial score (nSPS) is 20.5. The van der Waals surface area contributed by atoms with Crippen LogP contribution in [0.2, 0.25) is 0 Å². The highest BCUT2D eigenvalue weighted by atomic mass is 14.9. The molecule has 1 aliphatic carbocycles. The molecule has 0 saturated heterocycles. The maximum Gasteiger partial charge on any atom is 0.00952 e. The quantitative estimate of drug-likeness (QED) is 0.704. The first-order valence-electron chi connectivity index (χ1n) is 7.76. The van der Waals surface area contributed by atoms with Crippen LogP contribution in [0.3, 0.4) is 0 Å². The Bertz CT molecular complexity index is 186. The Morgan fingerprint density at radius 2 is 1.76 bits per heavy atom. The van der Waals surface area contributed by atoms with Crippen LogP contribution in [0.15, 0.2) is 0 Å². The van der Waals surface area contributed by atoms with Gasteiger partial charge in [-0.2, -0.15) is 0 Å². The molecule has 0 aromatic rings. The number of hydrogen-bond donors (Lipinski definition) is 1. The molecule has 1 heteroatoms. The molecule has 1 nitrogen and oxygen atoms in total. The molecule has 0 aliphatic heterocycles. The lowest BCUT2D eigenvalue weighted by Gasteiger charge is -2.31. The monoisotopic (exact) mass is 239 g/mol. The SMILES string of the molecule is CCNC(CCCC(C)(C)C)C1CCCCC1. The van der Waals surface area contributed by atoms with Crippen LogP contribution in [-0.4, -0.2) is 12.6 Å². The van der Waals surface area contributed by atoms with Gasteiger partial charge in [-0.05, 0) is 43.6 Å². The van der Waals surface area contributed by atoms with Gasteiger partial charge in [-0.25, -0.2) is 0 Å². The summed E-state index contributed by atoms with van der Waals surface area (Å²) in [5.41, 5.74) is 0.503. The van der Waals surface area contributed by atoms with E-state index in [4.69, 9.17) is 0 Å². The molecule has 1 aliphatic rings. The highest BCUT2D eigenvalue weighted by Gasteiger charge is 2.23. The second kappa shape index (κ2) is 7.41. The molecule has 0 spiro atoms. The molecular weight excluding hydrogens is 206 g/mol. The van der Waals surface area contributed by atoms with Crippen molar-refractivity contribution >= 4 is 0 Å². The predicted octanol–water partition coefficient (Wildman–Crippen LogP) is 4.76. The van der Waals surface area contributed by atoms with E-state index in [1.807, 2.05) is 0 Å². The van der Waals surface area contributed by atoms with Gasteiger partial charge in [-0.3, -0.25) is 0 Å². The maximum absolute atomic E-state index is 3.74. The van der Waals surface area contributed by atoms with Crippen LogP contribution in [0, 0.1) is 11.3 Å². The van der Waals surface area contributed by atoms with Crippen molar-refractivity contribution in [3.05, 3.63) is 0 Å². The molecule has 0 aromatic heterocycles. The summed E-state index contributed by atoms with van der Waals surface area (Å²) in [6, 6.07) is 0.794. The fraction of sp³-hybridized carbons (Fsp3) is 1.00. The molecule has 102 valence electrons. The van der Waals surface area contributed by atoms with Gasteiger partial charge in [0.05, 0.1) is 0 Å². The zero-order chi connectivity index (χ0) is 12.7. The predicted molar refractivity (Wildman–Crippen MR) is 77.3 cm³/mol. The van der Waals surface area contributed by atoms with E-state index in [9.17, 15) is 0 Å². The van der Waals surface area contributed by atoms with Crippen LogP contribution in [0.1, 0.15) is 79.1 Å². The summed E-state index contributed by atoms with van der Waals surface area (Å²) in [5.74, 6) is 0.962. The first kappa shape index (κ1) is 15.0. The highest BCUT2D eigenvalue weighted by molar-refractivity contribution is 4.79. The standard InChI is InChI=1S/C16H33N/c1-5-17-15(12-9-13-16(2,3)4)14-10-7-6-8-11-14/h14-15,17H,5-13H2,1-4H3. The summed E-state index contributed by atoms with van der Waals surface area (Å²) >= 11 is 0. The van der Waals surface area contributed by atoms with Gasteiger partial charge in [-0.1, -0.05) is 53.4 Å². The Morgan fingerprint density at radius 3 is 2.29 bits per heavy atom. The van der Waals surface area contributed by atoms with E-state index in [1.54, 1.807) is 0 Å². The molecular formula is C16H33N. The third kappa shape index (κ3) is 6.45.